The van der Waals surface area contributed by atoms with Crippen LogP contribution in [0.15, 0.2) is 48.5 Å². The van der Waals surface area contributed by atoms with Gasteiger partial charge in [0.05, 0.1) is 0 Å². The average molecular weight is 272 g/mol. The van der Waals surface area contributed by atoms with Crippen LogP contribution in [0.1, 0.15) is 11.1 Å². The van der Waals surface area contributed by atoms with Crippen LogP contribution in [-0.2, 0) is 0 Å². The average Bonchev–Trinajstić information content (AvgIpc) is 2.48. The third kappa shape index (κ3) is 3.85. The summed E-state index contributed by atoms with van der Waals surface area (Å²) in [5.74, 6) is 0.971. The van der Waals surface area contributed by atoms with E-state index in [-0.39, 0.29) is 0 Å². The molecule has 2 aromatic carbocycles. The first-order valence-corrected chi connectivity index (χ1v) is 6.18. The third-order valence-corrected chi connectivity index (χ3v) is 2.69. The fourth-order valence-electron chi connectivity index (χ4n) is 1.76. The smallest absolute Gasteiger partial charge is 0.186 e. The Bertz CT molecular complexity index is 564. The van der Waals surface area contributed by atoms with Crippen LogP contribution < -0.4 is 9.47 Å². The molecule has 0 unspecified atom stereocenters. The SMILES string of the molecule is OCOc1ccc(/C=C/c2ccccc2)c(OCO)c1. The molecule has 20 heavy (non-hydrogen) atoms. The van der Waals surface area contributed by atoms with Crippen molar-refractivity contribution < 1.29 is 19.7 Å². The molecule has 0 saturated carbocycles. The molecule has 0 aliphatic rings. The van der Waals surface area contributed by atoms with Crippen molar-refractivity contribution in [2.45, 2.75) is 0 Å². The van der Waals surface area contributed by atoms with Crippen molar-refractivity contribution in [3.05, 3.63) is 59.7 Å². The molecule has 2 aromatic rings. The van der Waals surface area contributed by atoms with Gasteiger partial charge in [-0.05, 0) is 17.7 Å². The van der Waals surface area contributed by atoms with Crippen molar-refractivity contribution in [1.82, 2.24) is 0 Å². The van der Waals surface area contributed by atoms with Crippen molar-refractivity contribution in [2.24, 2.45) is 0 Å². The molecule has 2 rings (SSSR count). The minimum absolute atomic E-state index is 0.405. The molecule has 0 spiro atoms. The van der Waals surface area contributed by atoms with Crippen molar-refractivity contribution in [3.63, 3.8) is 0 Å². The van der Waals surface area contributed by atoms with Gasteiger partial charge < -0.3 is 19.7 Å². The highest BCUT2D eigenvalue weighted by molar-refractivity contribution is 5.73. The van der Waals surface area contributed by atoms with Crippen LogP contribution in [0.5, 0.6) is 11.5 Å². The molecule has 104 valence electrons. The van der Waals surface area contributed by atoms with Crippen molar-refractivity contribution >= 4 is 12.2 Å². The molecule has 0 fully saturated rings. The number of hydrogen-bond donors (Lipinski definition) is 2. The molecule has 4 nitrogen and oxygen atoms in total. The lowest BCUT2D eigenvalue weighted by molar-refractivity contribution is 0.0920. The third-order valence-electron chi connectivity index (χ3n) is 2.69. The second-order valence-corrected chi connectivity index (χ2v) is 3.99. The van der Waals surface area contributed by atoms with Crippen LogP contribution in [0.4, 0.5) is 0 Å². The Morgan fingerprint density at radius 3 is 2.30 bits per heavy atom. The number of hydrogen-bond acceptors (Lipinski definition) is 4. The molecule has 0 radical (unpaired) electrons. The number of rotatable bonds is 6. The topological polar surface area (TPSA) is 58.9 Å². The van der Waals surface area contributed by atoms with E-state index in [0.29, 0.717) is 11.5 Å². The van der Waals surface area contributed by atoms with Gasteiger partial charge in [-0.1, -0.05) is 42.5 Å². The number of aliphatic hydroxyl groups is 2. The van der Waals surface area contributed by atoms with Gasteiger partial charge in [-0.25, -0.2) is 0 Å². The van der Waals surface area contributed by atoms with Crippen LogP contribution in [0, 0.1) is 0 Å². The molecule has 4 heteroatoms. The van der Waals surface area contributed by atoms with Crippen molar-refractivity contribution in [2.75, 3.05) is 13.6 Å². The van der Waals surface area contributed by atoms with Gasteiger partial charge in [0.15, 0.2) is 13.6 Å². The second kappa shape index (κ2) is 7.33. The predicted octanol–water partition coefficient (Wildman–Crippen LogP) is 2.51. The standard InChI is InChI=1S/C16H16O4/c17-11-19-15-9-8-14(16(10-15)20-12-18)7-6-13-4-2-1-3-5-13/h1-10,17-18H,11-12H2/b7-6+. The van der Waals surface area contributed by atoms with Gasteiger partial charge in [-0.15, -0.1) is 0 Å². The first kappa shape index (κ1) is 14.1. The van der Waals surface area contributed by atoms with Gasteiger partial charge in [-0.3, -0.25) is 0 Å². The van der Waals surface area contributed by atoms with E-state index in [1.807, 2.05) is 42.5 Å². The fourth-order valence-corrected chi connectivity index (χ4v) is 1.76. The van der Waals surface area contributed by atoms with Crippen LogP contribution >= 0.6 is 0 Å². The van der Waals surface area contributed by atoms with E-state index in [4.69, 9.17) is 19.7 Å². The predicted molar refractivity (Wildman–Crippen MR) is 77.2 cm³/mol. The lowest BCUT2D eigenvalue weighted by Crippen LogP contribution is -1.99. The molecule has 0 bridgehead atoms. The first-order chi connectivity index (χ1) is 9.83. The zero-order chi connectivity index (χ0) is 14.2. The molecule has 0 aromatic heterocycles. The van der Waals surface area contributed by atoms with E-state index in [1.54, 1.807) is 18.2 Å². The molecular weight excluding hydrogens is 256 g/mol. The Kier molecular flexibility index (Phi) is 5.17. The molecule has 0 amide bonds. The maximum atomic E-state index is 8.91. The van der Waals surface area contributed by atoms with Crippen molar-refractivity contribution in [3.8, 4) is 11.5 Å². The minimum atomic E-state index is -0.422. The Morgan fingerprint density at radius 2 is 1.60 bits per heavy atom. The summed E-state index contributed by atoms with van der Waals surface area (Å²) in [4.78, 5) is 0. The Morgan fingerprint density at radius 1 is 0.850 bits per heavy atom. The second-order valence-electron chi connectivity index (χ2n) is 3.99. The molecule has 0 heterocycles. The molecule has 0 atom stereocenters. The van der Waals surface area contributed by atoms with Crippen LogP contribution in [0.25, 0.3) is 12.2 Å². The van der Waals surface area contributed by atoms with E-state index >= 15 is 0 Å². The van der Waals surface area contributed by atoms with Crippen LogP contribution in [0.2, 0.25) is 0 Å². The summed E-state index contributed by atoms with van der Waals surface area (Å²) in [7, 11) is 0. The summed E-state index contributed by atoms with van der Waals surface area (Å²) in [6.45, 7) is -0.827. The summed E-state index contributed by atoms with van der Waals surface area (Å²) < 4.78 is 10.1. The van der Waals surface area contributed by atoms with E-state index in [1.165, 1.54) is 0 Å². The summed E-state index contributed by atoms with van der Waals surface area (Å²) in [6.07, 6.45) is 3.84. The lowest BCUT2D eigenvalue weighted by Gasteiger charge is -2.09. The molecule has 2 N–H and O–H groups in total. The highest BCUT2D eigenvalue weighted by Gasteiger charge is 2.03. The Balaban J connectivity index is 2.24. The fraction of sp³-hybridized carbons (Fsp3) is 0.125. The summed E-state index contributed by atoms with van der Waals surface area (Å²) in [5.41, 5.74) is 1.88. The molecule has 0 aliphatic carbocycles. The van der Waals surface area contributed by atoms with Crippen LogP contribution in [0.3, 0.4) is 0 Å². The largest absolute Gasteiger partial charge is 0.468 e. The van der Waals surface area contributed by atoms with E-state index in [0.717, 1.165) is 11.1 Å². The van der Waals surface area contributed by atoms with Crippen LogP contribution in [-0.4, -0.2) is 23.8 Å². The van der Waals surface area contributed by atoms with Crippen molar-refractivity contribution in [1.29, 1.82) is 0 Å². The monoisotopic (exact) mass is 272 g/mol. The van der Waals surface area contributed by atoms with E-state index in [2.05, 4.69) is 0 Å². The maximum absolute atomic E-state index is 8.91. The molecular formula is C16H16O4. The summed E-state index contributed by atoms with van der Waals surface area (Å²) in [6, 6.07) is 15.0. The van der Waals surface area contributed by atoms with Gasteiger partial charge in [0, 0.05) is 11.6 Å². The zero-order valence-corrected chi connectivity index (χ0v) is 10.9. The molecule has 0 saturated heterocycles. The first-order valence-electron chi connectivity index (χ1n) is 6.18. The van der Waals surface area contributed by atoms with Gasteiger partial charge in [0.25, 0.3) is 0 Å². The summed E-state index contributed by atoms with van der Waals surface area (Å²) >= 11 is 0. The molecule has 0 aliphatic heterocycles. The summed E-state index contributed by atoms with van der Waals surface area (Å²) in [5, 5.41) is 17.6. The number of aliphatic hydroxyl groups excluding tert-OH is 2. The number of benzene rings is 2. The van der Waals surface area contributed by atoms with E-state index in [9.17, 15) is 0 Å². The highest BCUT2D eigenvalue weighted by atomic mass is 16.6. The normalized spacial score (nSPS) is 10.7. The van der Waals surface area contributed by atoms with Gasteiger partial charge in [0.1, 0.15) is 11.5 Å². The van der Waals surface area contributed by atoms with E-state index < -0.39 is 13.6 Å². The van der Waals surface area contributed by atoms with Gasteiger partial charge in [-0.2, -0.15) is 0 Å². The van der Waals surface area contributed by atoms with Gasteiger partial charge in [0.2, 0.25) is 0 Å². The quantitative estimate of drug-likeness (QED) is 0.626. The zero-order valence-electron chi connectivity index (χ0n) is 10.9. The van der Waals surface area contributed by atoms with Gasteiger partial charge >= 0.3 is 0 Å². The maximum Gasteiger partial charge on any atom is 0.186 e. The lowest BCUT2D eigenvalue weighted by atomic mass is 10.1. The Labute approximate surface area is 117 Å². The number of ether oxygens (including phenoxy) is 2. The minimum Gasteiger partial charge on any atom is -0.468 e. The Hall–Kier alpha value is -2.30. The highest BCUT2D eigenvalue weighted by Crippen LogP contribution is 2.26.